The fraction of sp³-hybridized carbons (Fsp3) is 0.600. The van der Waals surface area contributed by atoms with Gasteiger partial charge in [-0.15, -0.1) is 0 Å². The second kappa shape index (κ2) is 6.14. The molecule has 0 radical (unpaired) electrons. The molecule has 0 amide bonds. The highest BCUT2D eigenvalue weighted by Crippen LogP contribution is 2.37. The summed E-state index contributed by atoms with van der Waals surface area (Å²) in [5.74, 6) is 0. The fourth-order valence-corrected chi connectivity index (χ4v) is 2.86. The summed E-state index contributed by atoms with van der Waals surface area (Å²) < 4.78 is 43.2. The summed E-state index contributed by atoms with van der Waals surface area (Å²) in [6.45, 7) is 2.48. The van der Waals surface area contributed by atoms with E-state index in [1.54, 1.807) is 0 Å². The van der Waals surface area contributed by atoms with Crippen molar-refractivity contribution in [1.29, 1.82) is 0 Å². The highest BCUT2D eigenvalue weighted by molar-refractivity contribution is 5.23. The van der Waals surface area contributed by atoms with Crippen molar-refractivity contribution in [3.05, 3.63) is 35.9 Å². The average molecular weight is 287 g/mol. The lowest BCUT2D eigenvalue weighted by molar-refractivity contribution is -0.159. The predicted molar refractivity (Wildman–Crippen MR) is 71.5 cm³/mol. The van der Waals surface area contributed by atoms with Crippen LogP contribution in [0.3, 0.4) is 0 Å². The summed E-state index contributed by atoms with van der Waals surface area (Å²) in [4.78, 5) is 1.46. The van der Waals surface area contributed by atoms with Crippen LogP contribution in [0.15, 0.2) is 30.3 Å². The van der Waals surface area contributed by atoms with Gasteiger partial charge in [-0.2, -0.15) is 13.2 Å². The zero-order valence-corrected chi connectivity index (χ0v) is 11.6. The van der Waals surface area contributed by atoms with Crippen molar-refractivity contribution in [1.82, 2.24) is 4.90 Å². The van der Waals surface area contributed by atoms with E-state index in [1.165, 1.54) is 4.90 Å². The molecule has 1 aromatic rings. The Labute approximate surface area is 117 Å². The summed E-state index contributed by atoms with van der Waals surface area (Å²) in [5.41, 5.74) is 0.631. The molecule has 1 aliphatic rings. The summed E-state index contributed by atoms with van der Waals surface area (Å²) in [7, 11) is 0. The van der Waals surface area contributed by atoms with Crippen LogP contribution in [0, 0.1) is 0 Å². The van der Waals surface area contributed by atoms with Crippen LogP contribution in [0.2, 0.25) is 0 Å². The van der Waals surface area contributed by atoms with Crippen molar-refractivity contribution >= 4 is 0 Å². The van der Waals surface area contributed by atoms with Crippen molar-refractivity contribution in [3.8, 4) is 0 Å². The van der Waals surface area contributed by atoms with Crippen LogP contribution in [0.4, 0.5) is 13.2 Å². The molecule has 1 saturated heterocycles. The summed E-state index contributed by atoms with van der Waals surface area (Å²) >= 11 is 0. The van der Waals surface area contributed by atoms with Crippen molar-refractivity contribution in [2.24, 2.45) is 0 Å². The van der Waals surface area contributed by atoms with Gasteiger partial charge in [-0.3, -0.25) is 4.90 Å². The largest absolute Gasteiger partial charge is 0.401 e. The molecule has 0 spiro atoms. The predicted octanol–water partition coefficient (Wildman–Crippen LogP) is 3.58. The zero-order valence-electron chi connectivity index (χ0n) is 11.6. The number of piperidine rings is 1. The first-order chi connectivity index (χ1) is 9.45. The van der Waals surface area contributed by atoms with E-state index >= 15 is 0 Å². The number of benzene rings is 1. The van der Waals surface area contributed by atoms with E-state index in [1.807, 2.05) is 37.3 Å². The Bertz CT molecular complexity index is 411. The van der Waals surface area contributed by atoms with Gasteiger partial charge in [-0.1, -0.05) is 30.3 Å². The first-order valence-corrected chi connectivity index (χ1v) is 6.94. The van der Waals surface area contributed by atoms with Gasteiger partial charge in [0.2, 0.25) is 0 Å². The smallest absolute Gasteiger partial charge is 0.370 e. The summed E-state index contributed by atoms with van der Waals surface area (Å²) in [5, 5.41) is 0. The van der Waals surface area contributed by atoms with Crippen LogP contribution in [0.1, 0.15) is 25.3 Å². The topological polar surface area (TPSA) is 12.5 Å². The molecule has 20 heavy (non-hydrogen) atoms. The van der Waals surface area contributed by atoms with Gasteiger partial charge in [0.25, 0.3) is 0 Å². The van der Waals surface area contributed by atoms with Crippen molar-refractivity contribution in [2.75, 3.05) is 26.2 Å². The summed E-state index contributed by atoms with van der Waals surface area (Å²) in [6.07, 6.45) is -2.93. The molecular formula is C15H20F3NO. The molecule has 0 unspecified atom stereocenters. The van der Waals surface area contributed by atoms with Gasteiger partial charge in [-0.05, 0) is 25.3 Å². The lowest BCUT2D eigenvalue weighted by Gasteiger charge is -2.42. The maximum absolute atomic E-state index is 12.4. The van der Waals surface area contributed by atoms with Gasteiger partial charge in [0.05, 0.1) is 12.1 Å². The Morgan fingerprint density at radius 1 is 1.15 bits per heavy atom. The van der Waals surface area contributed by atoms with Gasteiger partial charge in [0, 0.05) is 19.7 Å². The molecule has 1 aliphatic heterocycles. The fourth-order valence-electron chi connectivity index (χ4n) is 2.86. The van der Waals surface area contributed by atoms with Crippen molar-refractivity contribution < 1.29 is 17.9 Å². The first-order valence-electron chi connectivity index (χ1n) is 6.94. The number of nitrogens with zero attached hydrogens (tertiary/aromatic N) is 1. The number of rotatable bonds is 4. The minimum atomic E-state index is -4.13. The van der Waals surface area contributed by atoms with Crippen molar-refractivity contribution in [2.45, 2.75) is 31.5 Å². The highest BCUT2D eigenvalue weighted by Gasteiger charge is 2.39. The quantitative estimate of drug-likeness (QED) is 0.839. The molecular weight excluding hydrogens is 267 g/mol. The maximum atomic E-state index is 12.4. The van der Waals surface area contributed by atoms with Crippen LogP contribution < -0.4 is 0 Å². The second-order valence-corrected chi connectivity index (χ2v) is 5.18. The van der Waals surface area contributed by atoms with Gasteiger partial charge in [0.1, 0.15) is 0 Å². The van der Waals surface area contributed by atoms with Gasteiger partial charge in [0.15, 0.2) is 0 Å². The van der Waals surface area contributed by atoms with Crippen LogP contribution in [0.25, 0.3) is 0 Å². The molecule has 2 rings (SSSR count). The molecule has 0 bridgehead atoms. The Morgan fingerprint density at radius 3 is 2.25 bits per heavy atom. The molecule has 1 aromatic carbocycles. The highest BCUT2D eigenvalue weighted by atomic mass is 19.4. The van der Waals surface area contributed by atoms with E-state index in [0.717, 1.165) is 5.56 Å². The van der Waals surface area contributed by atoms with E-state index in [-0.39, 0.29) is 0 Å². The van der Waals surface area contributed by atoms with Crippen LogP contribution >= 0.6 is 0 Å². The number of likely N-dealkylation sites (tertiary alicyclic amines) is 1. The van der Waals surface area contributed by atoms with E-state index in [0.29, 0.717) is 32.5 Å². The molecule has 2 nitrogen and oxygen atoms in total. The standard InChI is InChI=1S/C15H20F3NO/c1-2-20-14(13-6-4-3-5-7-13)8-10-19(11-9-14)12-15(16,17)18/h3-7H,2,8-12H2,1H3. The third-order valence-electron chi connectivity index (χ3n) is 3.79. The number of hydrogen-bond donors (Lipinski definition) is 0. The third-order valence-corrected chi connectivity index (χ3v) is 3.79. The van der Waals surface area contributed by atoms with Gasteiger partial charge >= 0.3 is 6.18 Å². The molecule has 5 heteroatoms. The lowest BCUT2D eigenvalue weighted by atomic mass is 9.84. The minimum absolute atomic E-state index is 0.411. The molecule has 0 aliphatic carbocycles. The van der Waals surface area contributed by atoms with Crippen LogP contribution in [-0.2, 0) is 10.3 Å². The van der Waals surface area contributed by atoms with E-state index in [9.17, 15) is 13.2 Å². The zero-order chi connectivity index (χ0) is 14.6. The summed E-state index contributed by atoms with van der Waals surface area (Å²) in [6, 6.07) is 9.81. The lowest BCUT2D eigenvalue weighted by Crippen LogP contribution is -2.47. The molecule has 0 N–H and O–H groups in total. The average Bonchev–Trinajstić information content (AvgIpc) is 2.41. The number of alkyl halides is 3. The Hall–Kier alpha value is -1.07. The van der Waals surface area contributed by atoms with E-state index < -0.39 is 18.3 Å². The van der Waals surface area contributed by atoms with Crippen LogP contribution in [0.5, 0.6) is 0 Å². The van der Waals surface area contributed by atoms with Crippen LogP contribution in [-0.4, -0.2) is 37.3 Å². The number of ether oxygens (including phenoxy) is 1. The Balaban J connectivity index is 2.07. The maximum Gasteiger partial charge on any atom is 0.401 e. The monoisotopic (exact) mass is 287 g/mol. The SMILES string of the molecule is CCOC1(c2ccccc2)CCN(CC(F)(F)F)CC1. The third kappa shape index (κ3) is 3.73. The molecule has 112 valence electrons. The second-order valence-electron chi connectivity index (χ2n) is 5.18. The molecule has 1 heterocycles. The van der Waals surface area contributed by atoms with Gasteiger partial charge < -0.3 is 4.74 Å². The Morgan fingerprint density at radius 2 is 1.75 bits per heavy atom. The molecule has 0 atom stereocenters. The van der Waals surface area contributed by atoms with E-state index in [4.69, 9.17) is 4.74 Å². The first kappa shape index (κ1) is 15.3. The molecule has 1 fully saturated rings. The normalized spacial score (nSPS) is 20.0. The molecule has 0 aromatic heterocycles. The number of halogens is 3. The Kier molecular flexibility index (Phi) is 4.70. The minimum Gasteiger partial charge on any atom is -0.370 e. The number of hydrogen-bond acceptors (Lipinski definition) is 2. The van der Waals surface area contributed by atoms with E-state index in [2.05, 4.69) is 0 Å². The van der Waals surface area contributed by atoms with Gasteiger partial charge in [-0.25, -0.2) is 0 Å². The molecule has 0 saturated carbocycles. The van der Waals surface area contributed by atoms with Crippen molar-refractivity contribution in [3.63, 3.8) is 0 Å².